The monoisotopic (exact) mass is 443 g/mol. The number of ether oxygens (including phenoxy) is 1. The minimum atomic E-state index is -0.246. The van der Waals surface area contributed by atoms with Gasteiger partial charge in [-0.2, -0.15) is 0 Å². The number of fused-ring (bicyclic) bond motifs is 1. The zero-order valence-electron chi connectivity index (χ0n) is 18.9. The molecule has 0 aromatic heterocycles. The van der Waals surface area contributed by atoms with E-state index >= 15 is 0 Å². The average Bonchev–Trinajstić information content (AvgIpc) is 3.04. The number of piperidine rings is 1. The molecule has 174 valence electrons. The summed E-state index contributed by atoms with van der Waals surface area (Å²) in [6, 6.07) is 7.20. The highest BCUT2D eigenvalue weighted by atomic mass is 16.6. The van der Waals surface area contributed by atoms with E-state index in [2.05, 4.69) is 15.6 Å². The van der Waals surface area contributed by atoms with Crippen LogP contribution in [0.2, 0.25) is 0 Å². The van der Waals surface area contributed by atoms with E-state index in [0.717, 1.165) is 31.8 Å². The van der Waals surface area contributed by atoms with Crippen molar-refractivity contribution in [3.05, 3.63) is 35.4 Å². The van der Waals surface area contributed by atoms with Crippen LogP contribution < -0.4 is 10.6 Å². The number of benzene rings is 1. The number of likely N-dealkylation sites (tertiary alicyclic amines) is 1. The summed E-state index contributed by atoms with van der Waals surface area (Å²) >= 11 is 0. The maximum Gasteiger partial charge on any atom is 0.409 e. The molecule has 0 saturated carbocycles. The van der Waals surface area contributed by atoms with E-state index < -0.39 is 0 Å². The molecule has 3 amide bonds. The van der Waals surface area contributed by atoms with Crippen LogP contribution in [0.15, 0.2) is 29.3 Å². The second kappa shape index (κ2) is 11.5. The third-order valence-corrected chi connectivity index (χ3v) is 5.64. The first kappa shape index (κ1) is 23.6. The molecule has 1 aromatic rings. The van der Waals surface area contributed by atoms with Crippen molar-refractivity contribution in [3.63, 3.8) is 0 Å². The molecule has 0 spiro atoms. The van der Waals surface area contributed by atoms with Gasteiger partial charge >= 0.3 is 6.09 Å². The molecular formula is C23H33N5O4. The van der Waals surface area contributed by atoms with E-state index in [4.69, 9.17) is 4.74 Å². The van der Waals surface area contributed by atoms with Gasteiger partial charge in [0, 0.05) is 38.8 Å². The fourth-order valence-corrected chi connectivity index (χ4v) is 3.95. The van der Waals surface area contributed by atoms with Crippen LogP contribution in [0.1, 0.15) is 60.2 Å². The summed E-state index contributed by atoms with van der Waals surface area (Å²) in [4.78, 5) is 44.4. The number of nitrogens with zero attached hydrogens (tertiary/aromatic N) is 3. The quantitative estimate of drug-likeness (QED) is 0.276. The first-order valence-electron chi connectivity index (χ1n) is 11.5. The molecular weight excluding hydrogens is 410 g/mol. The molecule has 3 rings (SSSR count). The number of guanidine groups is 1. The molecule has 1 fully saturated rings. The van der Waals surface area contributed by atoms with E-state index in [1.54, 1.807) is 29.2 Å². The molecule has 0 unspecified atom stereocenters. The average molecular weight is 444 g/mol. The molecule has 1 aromatic carbocycles. The SMILES string of the molecule is CCNC(=NCCCCN1C(=O)c2ccccc2C1=O)NC1CCN(C(=O)OCC)CC1. The number of nitrogens with one attached hydrogen (secondary N) is 2. The molecule has 0 aliphatic carbocycles. The Morgan fingerprint density at radius 1 is 1.09 bits per heavy atom. The van der Waals surface area contributed by atoms with Crippen molar-refractivity contribution in [1.82, 2.24) is 20.4 Å². The number of carbonyl (C=O) groups excluding carboxylic acids is 3. The molecule has 9 heteroatoms. The highest BCUT2D eigenvalue weighted by molar-refractivity contribution is 6.21. The summed E-state index contributed by atoms with van der Waals surface area (Å²) in [5.74, 6) is 0.333. The van der Waals surface area contributed by atoms with Crippen molar-refractivity contribution in [2.75, 3.05) is 39.3 Å². The number of hydrogen-bond acceptors (Lipinski definition) is 5. The van der Waals surface area contributed by atoms with Crippen LogP contribution in [-0.2, 0) is 4.74 Å². The van der Waals surface area contributed by atoms with Gasteiger partial charge in [-0.05, 0) is 51.7 Å². The van der Waals surface area contributed by atoms with Crippen molar-refractivity contribution in [2.24, 2.45) is 4.99 Å². The van der Waals surface area contributed by atoms with Gasteiger partial charge in [0.25, 0.3) is 11.8 Å². The number of carbonyl (C=O) groups is 3. The Labute approximate surface area is 189 Å². The lowest BCUT2D eigenvalue weighted by Gasteiger charge is -2.32. The Bertz CT molecular complexity index is 814. The second-order valence-electron chi connectivity index (χ2n) is 7.88. The first-order valence-corrected chi connectivity index (χ1v) is 11.5. The van der Waals surface area contributed by atoms with E-state index in [9.17, 15) is 14.4 Å². The summed E-state index contributed by atoms with van der Waals surface area (Å²) in [6.45, 7) is 7.29. The Morgan fingerprint density at radius 2 is 1.75 bits per heavy atom. The Morgan fingerprint density at radius 3 is 2.34 bits per heavy atom. The maximum atomic E-state index is 12.4. The molecule has 2 aliphatic heterocycles. The summed E-state index contributed by atoms with van der Waals surface area (Å²) in [7, 11) is 0. The Kier molecular flexibility index (Phi) is 8.47. The minimum Gasteiger partial charge on any atom is -0.450 e. The fourth-order valence-electron chi connectivity index (χ4n) is 3.95. The lowest BCUT2D eigenvalue weighted by molar-refractivity contribution is 0.0651. The number of aliphatic imine (C=N–C) groups is 1. The van der Waals surface area contributed by atoms with Crippen molar-refractivity contribution in [1.29, 1.82) is 0 Å². The van der Waals surface area contributed by atoms with Crippen molar-refractivity contribution in [3.8, 4) is 0 Å². The minimum absolute atomic E-state index is 0.210. The van der Waals surface area contributed by atoms with Crippen LogP contribution in [0.25, 0.3) is 0 Å². The van der Waals surface area contributed by atoms with Crippen LogP contribution in [0.5, 0.6) is 0 Å². The standard InChI is InChI=1S/C23H33N5O4/c1-3-24-22(26-17-11-15-27(16-12-17)23(31)32-4-2)25-13-7-8-14-28-20(29)18-9-5-6-10-19(18)21(28)30/h5-6,9-10,17H,3-4,7-8,11-16H2,1-2H3,(H2,24,25,26). The zero-order chi connectivity index (χ0) is 22.9. The van der Waals surface area contributed by atoms with Gasteiger partial charge in [0.1, 0.15) is 0 Å². The molecule has 1 saturated heterocycles. The van der Waals surface area contributed by atoms with Crippen LogP contribution >= 0.6 is 0 Å². The summed E-state index contributed by atoms with van der Waals surface area (Å²) in [5, 5.41) is 6.71. The van der Waals surface area contributed by atoms with Gasteiger partial charge in [-0.25, -0.2) is 4.79 Å². The number of imide groups is 1. The highest BCUT2D eigenvalue weighted by Crippen LogP contribution is 2.22. The third kappa shape index (κ3) is 5.77. The smallest absolute Gasteiger partial charge is 0.409 e. The predicted octanol–water partition coefficient (Wildman–Crippen LogP) is 2.24. The molecule has 9 nitrogen and oxygen atoms in total. The van der Waals surface area contributed by atoms with Gasteiger partial charge in [0.05, 0.1) is 17.7 Å². The number of unbranched alkanes of at least 4 members (excludes halogenated alkanes) is 1. The van der Waals surface area contributed by atoms with Crippen LogP contribution in [0.3, 0.4) is 0 Å². The van der Waals surface area contributed by atoms with E-state index in [1.165, 1.54) is 4.90 Å². The number of amides is 3. The lowest BCUT2D eigenvalue weighted by Crippen LogP contribution is -2.49. The third-order valence-electron chi connectivity index (χ3n) is 5.64. The van der Waals surface area contributed by atoms with Gasteiger partial charge < -0.3 is 20.3 Å². The predicted molar refractivity (Wildman–Crippen MR) is 122 cm³/mol. The van der Waals surface area contributed by atoms with Gasteiger partial charge in [-0.15, -0.1) is 0 Å². The Balaban J connectivity index is 1.41. The zero-order valence-corrected chi connectivity index (χ0v) is 18.9. The molecule has 32 heavy (non-hydrogen) atoms. The summed E-state index contributed by atoms with van der Waals surface area (Å²) in [5.41, 5.74) is 0.978. The molecule has 0 atom stereocenters. The topological polar surface area (TPSA) is 103 Å². The van der Waals surface area contributed by atoms with Crippen LogP contribution in [0, 0.1) is 0 Å². The van der Waals surface area contributed by atoms with Crippen molar-refractivity contribution in [2.45, 2.75) is 45.6 Å². The molecule has 2 aliphatic rings. The van der Waals surface area contributed by atoms with Crippen LogP contribution in [-0.4, -0.2) is 79.0 Å². The van der Waals surface area contributed by atoms with E-state index in [0.29, 0.717) is 50.3 Å². The Hall–Kier alpha value is -3.10. The van der Waals surface area contributed by atoms with E-state index in [1.807, 2.05) is 13.8 Å². The van der Waals surface area contributed by atoms with Crippen molar-refractivity contribution < 1.29 is 19.1 Å². The normalized spacial score (nSPS) is 16.9. The fraction of sp³-hybridized carbons (Fsp3) is 0.565. The van der Waals surface area contributed by atoms with Gasteiger partial charge in [0.2, 0.25) is 0 Å². The second-order valence-corrected chi connectivity index (χ2v) is 7.88. The lowest BCUT2D eigenvalue weighted by atomic mass is 10.1. The summed E-state index contributed by atoms with van der Waals surface area (Å²) < 4.78 is 5.07. The van der Waals surface area contributed by atoms with Gasteiger partial charge in [-0.1, -0.05) is 12.1 Å². The van der Waals surface area contributed by atoms with Crippen molar-refractivity contribution >= 4 is 23.9 Å². The molecule has 0 radical (unpaired) electrons. The number of hydrogen-bond donors (Lipinski definition) is 2. The van der Waals surface area contributed by atoms with Gasteiger partial charge in [0.15, 0.2) is 5.96 Å². The van der Waals surface area contributed by atoms with E-state index in [-0.39, 0.29) is 23.9 Å². The van der Waals surface area contributed by atoms with Gasteiger partial charge in [-0.3, -0.25) is 19.5 Å². The number of rotatable bonds is 8. The molecule has 0 bridgehead atoms. The molecule has 2 N–H and O–H groups in total. The highest BCUT2D eigenvalue weighted by Gasteiger charge is 2.34. The largest absolute Gasteiger partial charge is 0.450 e. The maximum absolute atomic E-state index is 12.4. The summed E-state index contributed by atoms with van der Waals surface area (Å²) in [6.07, 6.45) is 2.90. The van der Waals surface area contributed by atoms with Crippen LogP contribution in [0.4, 0.5) is 4.79 Å². The first-order chi connectivity index (χ1) is 15.5. The molecule has 2 heterocycles.